The summed E-state index contributed by atoms with van der Waals surface area (Å²) in [5.74, 6) is 3.27. The van der Waals surface area contributed by atoms with E-state index in [1.165, 1.54) is 24.8 Å². The molecule has 0 aromatic heterocycles. The van der Waals surface area contributed by atoms with Crippen LogP contribution in [0.1, 0.15) is 98.8 Å². The summed E-state index contributed by atoms with van der Waals surface area (Å²) in [7, 11) is 0. The van der Waals surface area contributed by atoms with Crippen LogP contribution < -0.4 is 0 Å². The van der Waals surface area contributed by atoms with Gasteiger partial charge in [0.05, 0.1) is 18.8 Å². The summed E-state index contributed by atoms with van der Waals surface area (Å²) >= 11 is 0. The summed E-state index contributed by atoms with van der Waals surface area (Å²) in [6.07, 6.45) is 7.78. The number of aliphatic hydroxyl groups is 5. The Morgan fingerprint density at radius 1 is 0.923 bits per heavy atom. The third-order valence-electron chi connectivity index (χ3n) is 12.7. The lowest BCUT2D eigenvalue weighted by Gasteiger charge is -2.58. The van der Waals surface area contributed by atoms with Gasteiger partial charge in [-0.1, -0.05) is 65.5 Å². The van der Waals surface area contributed by atoms with Crippen LogP contribution >= 0.6 is 0 Å². The van der Waals surface area contributed by atoms with E-state index in [2.05, 4.69) is 40.7 Å². The maximum absolute atomic E-state index is 11.3. The monoisotopic (exact) mass is 548 g/mol. The minimum absolute atomic E-state index is 0.0744. The van der Waals surface area contributed by atoms with Gasteiger partial charge in [0.2, 0.25) is 0 Å². The summed E-state index contributed by atoms with van der Waals surface area (Å²) < 4.78 is 6.29. The van der Waals surface area contributed by atoms with E-state index in [9.17, 15) is 25.5 Å². The summed E-state index contributed by atoms with van der Waals surface area (Å²) in [4.78, 5) is 0. The molecule has 0 aromatic carbocycles. The fourth-order valence-electron chi connectivity index (χ4n) is 10.7. The normalized spacial score (nSPS) is 50.6. The Morgan fingerprint density at radius 2 is 1.67 bits per heavy atom. The fraction of sp³-hybridized carbons (Fsp3) is 0.939. The first-order valence-corrected chi connectivity index (χ1v) is 16.1. The third-order valence-corrected chi connectivity index (χ3v) is 12.7. The van der Waals surface area contributed by atoms with Crippen molar-refractivity contribution in [3.63, 3.8) is 0 Å². The molecule has 1 unspecified atom stereocenters. The lowest BCUT2D eigenvalue weighted by atomic mass is 9.47. The van der Waals surface area contributed by atoms with Crippen LogP contribution in [0.4, 0.5) is 0 Å². The van der Waals surface area contributed by atoms with Crippen molar-refractivity contribution in [2.45, 2.75) is 135 Å². The Balaban J connectivity index is 1.47. The maximum atomic E-state index is 11.3. The van der Waals surface area contributed by atoms with Crippen molar-refractivity contribution in [3.8, 4) is 0 Å². The van der Waals surface area contributed by atoms with Crippen LogP contribution in [0.3, 0.4) is 0 Å². The zero-order chi connectivity index (χ0) is 28.3. The number of hydrogen-bond acceptors (Lipinski definition) is 6. The average Bonchev–Trinajstić information content (AvgIpc) is 3.20. The van der Waals surface area contributed by atoms with Crippen molar-refractivity contribution in [1.29, 1.82) is 0 Å². The second kappa shape index (κ2) is 11.3. The molecule has 14 atom stereocenters. The molecule has 3 saturated carbocycles. The predicted molar refractivity (Wildman–Crippen MR) is 152 cm³/mol. The number of hydrogen-bond donors (Lipinski definition) is 5. The Hall–Kier alpha value is -0.500. The summed E-state index contributed by atoms with van der Waals surface area (Å²) in [5.41, 5.74) is 1.77. The van der Waals surface area contributed by atoms with E-state index >= 15 is 0 Å². The second-order valence-corrected chi connectivity index (χ2v) is 15.2. The lowest BCUT2D eigenvalue weighted by Crippen LogP contribution is -2.61. The van der Waals surface area contributed by atoms with Crippen molar-refractivity contribution >= 4 is 0 Å². The highest BCUT2D eigenvalue weighted by Crippen LogP contribution is 2.69. The van der Waals surface area contributed by atoms with Gasteiger partial charge in [-0.15, -0.1) is 0 Å². The van der Waals surface area contributed by atoms with Crippen molar-refractivity contribution in [2.24, 2.45) is 52.3 Å². The fourth-order valence-corrected chi connectivity index (χ4v) is 10.7. The van der Waals surface area contributed by atoms with Gasteiger partial charge in [0.15, 0.2) is 0 Å². The SMILES string of the molecule is CC(C)CCC[C@@H](C)[C@H]1C([C@@H]2O[C@H](CO)[C@H](O)[C@H](O)[C@H]2O)C[C@H]2[C@@H]3CC=C4C[C@@H](O)CC[C@]4(C)[C@H]3CC[C@]12C. The van der Waals surface area contributed by atoms with E-state index in [0.717, 1.165) is 44.9 Å². The molecule has 5 aliphatic rings. The molecule has 0 bridgehead atoms. The van der Waals surface area contributed by atoms with Crippen LogP contribution in [0.15, 0.2) is 11.6 Å². The molecular formula is C33H56O6. The molecular weight excluding hydrogens is 492 g/mol. The maximum Gasteiger partial charge on any atom is 0.111 e. The minimum atomic E-state index is -1.31. The average molecular weight is 549 g/mol. The summed E-state index contributed by atoms with van der Waals surface area (Å²) in [6, 6.07) is 0. The first-order valence-electron chi connectivity index (χ1n) is 16.1. The van der Waals surface area contributed by atoms with Gasteiger partial charge in [-0.05, 0) is 97.2 Å². The van der Waals surface area contributed by atoms with E-state index in [1.54, 1.807) is 0 Å². The molecule has 0 aromatic rings. The quantitative estimate of drug-likeness (QED) is 0.301. The Bertz CT molecular complexity index is 887. The van der Waals surface area contributed by atoms with E-state index < -0.39 is 30.5 Å². The van der Waals surface area contributed by atoms with Gasteiger partial charge in [0, 0.05) is 0 Å². The van der Waals surface area contributed by atoms with E-state index in [-0.39, 0.29) is 29.5 Å². The predicted octanol–water partition coefficient (Wildman–Crippen LogP) is 4.46. The Morgan fingerprint density at radius 3 is 2.36 bits per heavy atom. The number of allylic oxidation sites excluding steroid dienone is 1. The molecule has 0 spiro atoms. The number of rotatable bonds is 7. The molecule has 0 amide bonds. The van der Waals surface area contributed by atoms with Crippen molar-refractivity contribution in [2.75, 3.05) is 6.61 Å². The van der Waals surface area contributed by atoms with Crippen LogP contribution in [0, 0.1) is 52.3 Å². The molecule has 4 aliphatic carbocycles. The molecule has 4 fully saturated rings. The highest BCUT2D eigenvalue weighted by atomic mass is 16.5. The standard InChI is InChI=1S/C33H56O6/c1-18(2)7-6-8-19(3)27-23(31-30(38)29(37)28(36)26(17-34)39-31)16-25-22-10-9-20-15-21(35)11-13-32(20,4)24(22)12-14-33(25,27)5/h9,18-19,21-31,34-38H,6-8,10-17H2,1-5H3/t19-,21+,22-,23?,24+,25+,26-,27+,28+,29+,30-,31+,32+,33+/m1/s1. The van der Waals surface area contributed by atoms with Gasteiger partial charge < -0.3 is 30.3 Å². The molecule has 1 saturated heterocycles. The number of aliphatic hydroxyl groups excluding tert-OH is 5. The second-order valence-electron chi connectivity index (χ2n) is 15.2. The van der Waals surface area contributed by atoms with E-state index in [0.29, 0.717) is 35.5 Å². The summed E-state index contributed by atoms with van der Waals surface area (Å²) in [5, 5.41) is 52.8. The third kappa shape index (κ3) is 5.07. The van der Waals surface area contributed by atoms with Crippen LogP contribution in [0.5, 0.6) is 0 Å². The lowest BCUT2D eigenvalue weighted by molar-refractivity contribution is -0.246. The first kappa shape index (κ1) is 30.0. The highest BCUT2D eigenvalue weighted by molar-refractivity contribution is 5.26. The van der Waals surface area contributed by atoms with Gasteiger partial charge in [-0.2, -0.15) is 0 Å². The van der Waals surface area contributed by atoms with Crippen molar-refractivity contribution in [1.82, 2.24) is 0 Å². The van der Waals surface area contributed by atoms with Gasteiger partial charge in [-0.3, -0.25) is 0 Å². The molecule has 1 aliphatic heterocycles. The van der Waals surface area contributed by atoms with Crippen molar-refractivity contribution in [3.05, 3.63) is 11.6 Å². The van der Waals surface area contributed by atoms with Gasteiger partial charge >= 0.3 is 0 Å². The van der Waals surface area contributed by atoms with Gasteiger partial charge in [0.1, 0.15) is 24.4 Å². The molecule has 6 nitrogen and oxygen atoms in total. The van der Waals surface area contributed by atoms with Crippen LogP contribution in [-0.2, 0) is 4.74 Å². The van der Waals surface area contributed by atoms with Crippen LogP contribution in [0.2, 0.25) is 0 Å². The largest absolute Gasteiger partial charge is 0.394 e. The van der Waals surface area contributed by atoms with Crippen LogP contribution in [0.25, 0.3) is 0 Å². The topological polar surface area (TPSA) is 110 Å². The Kier molecular flexibility index (Phi) is 8.68. The molecule has 5 rings (SSSR count). The Labute approximate surface area is 236 Å². The molecule has 224 valence electrons. The number of ether oxygens (including phenoxy) is 1. The van der Waals surface area contributed by atoms with Gasteiger partial charge in [-0.25, -0.2) is 0 Å². The molecule has 5 N–H and O–H groups in total. The molecule has 39 heavy (non-hydrogen) atoms. The smallest absolute Gasteiger partial charge is 0.111 e. The molecule has 6 heteroatoms. The van der Waals surface area contributed by atoms with Gasteiger partial charge in [0.25, 0.3) is 0 Å². The minimum Gasteiger partial charge on any atom is -0.394 e. The first-order chi connectivity index (χ1) is 18.4. The van der Waals surface area contributed by atoms with E-state index in [1.807, 2.05) is 0 Å². The van der Waals surface area contributed by atoms with Crippen molar-refractivity contribution < 1.29 is 30.3 Å². The molecule has 0 radical (unpaired) electrons. The van der Waals surface area contributed by atoms with E-state index in [4.69, 9.17) is 4.74 Å². The highest BCUT2D eigenvalue weighted by Gasteiger charge is 2.64. The molecule has 1 heterocycles. The zero-order valence-electron chi connectivity index (χ0n) is 25.0. The summed E-state index contributed by atoms with van der Waals surface area (Å²) in [6.45, 7) is 11.6. The number of fused-ring (bicyclic) bond motifs is 5. The van der Waals surface area contributed by atoms with Crippen LogP contribution in [-0.4, -0.2) is 68.8 Å². The zero-order valence-corrected chi connectivity index (χ0v) is 25.0.